The van der Waals surface area contributed by atoms with Crippen LogP contribution in [0.5, 0.6) is 0 Å². The van der Waals surface area contributed by atoms with Crippen LogP contribution in [0, 0.1) is 0 Å². The zero-order valence-electron chi connectivity index (χ0n) is 10.6. The van der Waals surface area contributed by atoms with Crippen LogP contribution in [0.25, 0.3) is 0 Å². The van der Waals surface area contributed by atoms with Crippen molar-refractivity contribution in [1.29, 1.82) is 0 Å². The highest BCUT2D eigenvalue weighted by atomic mass is 16.5. The van der Waals surface area contributed by atoms with Gasteiger partial charge in [0.1, 0.15) is 0 Å². The number of hydrogen-bond acceptors (Lipinski definition) is 4. The average molecular weight is 236 g/mol. The van der Waals surface area contributed by atoms with E-state index in [4.69, 9.17) is 10.5 Å². The maximum absolute atomic E-state index is 12.0. The molecule has 0 aliphatic heterocycles. The van der Waals surface area contributed by atoms with E-state index in [1.807, 2.05) is 49.3 Å². The van der Waals surface area contributed by atoms with Gasteiger partial charge < -0.3 is 15.4 Å². The molecule has 0 spiro atoms. The highest BCUT2D eigenvalue weighted by Gasteiger charge is 2.37. The molecule has 1 aromatic rings. The molecule has 1 aromatic carbocycles. The maximum Gasteiger partial charge on any atom is 0.332 e. The highest BCUT2D eigenvalue weighted by molar-refractivity contribution is 5.82. The fourth-order valence-electron chi connectivity index (χ4n) is 1.77. The number of ether oxygens (including phenoxy) is 1. The van der Waals surface area contributed by atoms with E-state index in [1.165, 1.54) is 0 Å². The van der Waals surface area contributed by atoms with Crippen molar-refractivity contribution in [3.63, 3.8) is 0 Å². The maximum atomic E-state index is 12.0. The highest BCUT2D eigenvalue weighted by Crippen LogP contribution is 2.20. The average Bonchev–Trinajstić information content (AvgIpc) is 2.29. The summed E-state index contributed by atoms with van der Waals surface area (Å²) in [5.74, 6) is -0.389. The third-order valence-electron chi connectivity index (χ3n) is 2.49. The van der Waals surface area contributed by atoms with E-state index >= 15 is 0 Å². The number of esters is 1. The zero-order chi connectivity index (χ0) is 12.9. The molecule has 4 heteroatoms. The van der Waals surface area contributed by atoms with Crippen LogP contribution in [0.3, 0.4) is 0 Å². The summed E-state index contributed by atoms with van der Waals surface area (Å²) in [5.41, 5.74) is 5.89. The van der Waals surface area contributed by atoms with Crippen molar-refractivity contribution in [3.8, 4) is 0 Å². The topological polar surface area (TPSA) is 55.6 Å². The Balaban J connectivity index is 3.06. The van der Waals surface area contributed by atoms with Gasteiger partial charge in [0.25, 0.3) is 0 Å². The number of nitrogens with zero attached hydrogens (tertiary/aromatic N) is 1. The lowest BCUT2D eigenvalue weighted by molar-refractivity contribution is -0.150. The lowest BCUT2D eigenvalue weighted by atomic mass is 9.90. The van der Waals surface area contributed by atoms with Gasteiger partial charge in [0, 0.05) is 6.54 Å². The van der Waals surface area contributed by atoms with Crippen molar-refractivity contribution in [2.75, 3.05) is 27.2 Å². The quantitative estimate of drug-likeness (QED) is 0.774. The van der Waals surface area contributed by atoms with Crippen LogP contribution >= 0.6 is 0 Å². The first-order chi connectivity index (χ1) is 8.00. The fraction of sp³-hybridized carbons (Fsp3) is 0.462. The molecule has 0 aliphatic carbocycles. The molecule has 2 N–H and O–H groups in total. The lowest BCUT2D eigenvalue weighted by Crippen LogP contribution is -2.52. The second-order valence-corrected chi connectivity index (χ2v) is 4.30. The van der Waals surface area contributed by atoms with Crippen LogP contribution in [0.4, 0.5) is 0 Å². The van der Waals surface area contributed by atoms with Crippen LogP contribution in [0.1, 0.15) is 12.5 Å². The molecule has 0 saturated carbocycles. The van der Waals surface area contributed by atoms with E-state index in [-0.39, 0.29) is 5.97 Å². The van der Waals surface area contributed by atoms with Crippen molar-refractivity contribution in [1.82, 2.24) is 4.90 Å². The second kappa shape index (κ2) is 5.80. The van der Waals surface area contributed by atoms with Crippen molar-refractivity contribution in [3.05, 3.63) is 35.9 Å². The number of hydrogen-bond donors (Lipinski definition) is 1. The molecule has 0 bridgehead atoms. The first-order valence-electron chi connectivity index (χ1n) is 5.67. The zero-order valence-corrected chi connectivity index (χ0v) is 10.6. The Bertz CT molecular complexity index is 365. The predicted octanol–water partition coefficient (Wildman–Crippen LogP) is 0.965. The van der Waals surface area contributed by atoms with Crippen LogP contribution in [-0.2, 0) is 15.1 Å². The van der Waals surface area contributed by atoms with Gasteiger partial charge in [-0.3, -0.25) is 0 Å². The predicted molar refractivity (Wildman–Crippen MR) is 67.5 cm³/mol. The van der Waals surface area contributed by atoms with Crippen LogP contribution in [-0.4, -0.2) is 38.1 Å². The van der Waals surface area contributed by atoms with E-state index in [0.29, 0.717) is 13.2 Å². The third-order valence-corrected chi connectivity index (χ3v) is 2.49. The Morgan fingerprint density at radius 1 is 1.35 bits per heavy atom. The first-order valence-corrected chi connectivity index (χ1v) is 5.67. The molecule has 1 atom stereocenters. The van der Waals surface area contributed by atoms with Gasteiger partial charge >= 0.3 is 5.97 Å². The smallest absolute Gasteiger partial charge is 0.332 e. The van der Waals surface area contributed by atoms with E-state index in [2.05, 4.69) is 0 Å². The molecule has 0 heterocycles. The van der Waals surface area contributed by atoms with Crippen LogP contribution in [0.2, 0.25) is 0 Å². The number of rotatable bonds is 5. The largest absolute Gasteiger partial charge is 0.464 e. The summed E-state index contributed by atoms with van der Waals surface area (Å²) in [4.78, 5) is 13.9. The minimum Gasteiger partial charge on any atom is -0.464 e. The monoisotopic (exact) mass is 236 g/mol. The molecule has 1 unspecified atom stereocenters. The Labute approximate surface area is 102 Å². The van der Waals surface area contributed by atoms with Crippen molar-refractivity contribution in [2.24, 2.45) is 5.73 Å². The summed E-state index contributed by atoms with van der Waals surface area (Å²) in [7, 11) is 3.76. The number of nitrogens with two attached hydrogens (primary N) is 1. The van der Waals surface area contributed by atoms with Gasteiger partial charge in [-0.25, -0.2) is 4.79 Å². The van der Waals surface area contributed by atoms with Gasteiger partial charge in [-0.1, -0.05) is 30.3 Å². The summed E-state index contributed by atoms with van der Waals surface area (Å²) in [6.07, 6.45) is 0. The fourth-order valence-corrected chi connectivity index (χ4v) is 1.77. The SMILES string of the molecule is CCOC(=O)C(N)(CN(C)C)c1ccccc1. The Kier molecular flexibility index (Phi) is 4.66. The summed E-state index contributed by atoms with van der Waals surface area (Å²) in [6, 6.07) is 9.32. The summed E-state index contributed by atoms with van der Waals surface area (Å²) < 4.78 is 5.07. The number of carbonyl (C=O) groups is 1. The second-order valence-electron chi connectivity index (χ2n) is 4.30. The van der Waals surface area contributed by atoms with Gasteiger partial charge in [-0.15, -0.1) is 0 Å². The molecule has 0 fully saturated rings. The minimum atomic E-state index is -1.11. The molecule has 17 heavy (non-hydrogen) atoms. The van der Waals surface area contributed by atoms with Crippen molar-refractivity contribution in [2.45, 2.75) is 12.5 Å². The molecule has 1 rings (SSSR count). The minimum absolute atomic E-state index is 0.331. The Hall–Kier alpha value is -1.39. The molecule has 0 amide bonds. The number of likely N-dealkylation sites (N-methyl/N-ethyl adjacent to an activating group) is 1. The van der Waals surface area contributed by atoms with Gasteiger partial charge in [0.15, 0.2) is 5.54 Å². The van der Waals surface area contributed by atoms with Gasteiger partial charge in [-0.2, -0.15) is 0 Å². The van der Waals surface area contributed by atoms with E-state index < -0.39 is 5.54 Å². The molecular formula is C13H20N2O2. The molecule has 94 valence electrons. The van der Waals surface area contributed by atoms with E-state index in [0.717, 1.165) is 5.56 Å². The first kappa shape index (κ1) is 13.7. The normalized spacial score (nSPS) is 14.4. The van der Waals surface area contributed by atoms with Crippen molar-refractivity contribution >= 4 is 5.97 Å². The Morgan fingerprint density at radius 3 is 2.41 bits per heavy atom. The Morgan fingerprint density at radius 2 is 1.94 bits per heavy atom. The third kappa shape index (κ3) is 3.28. The van der Waals surface area contributed by atoms with Gasteiger partial charge in [0.2, 0.25) is 0 Å². The summed E-state index contributed by atoms with van der Waals surface area (Å²) in [5, 5.41) is 0. The number of carbonyl (C=O) groups excluding carboxylic acids is 1. The van der Waals surface area contributed by atoms with E-state index in [1.54, 1.807) is 6.92 Å². The molecule has 4 nitrogen and oxygen atoms in total. The molecule has 0 saturated heterocycles. The van der Waals surface area contributed by atoms with E-state index in [9.17, 15) is 4.79 Å². The van der Waals surface area contributed by atoms with Gasteiger partial charge in [-0.05, 0) is 26.6 Å². The molecule has 0 aliphatic rings. The van der Waals surface area contributed by atoms with Crippen LogP contribution < -0.4 is 5.73 Å². The summed E-state index contributed by atoms with van der Waals surface area (Å²) in [6.45, 7) is 2.52. The van der Waals surface area contributed by atoms with Crippen molar-refractivity contribution < 1.29 is 9.53 Å². The molecule has 0 radical (unpaired) electrons. The van der Waals surface area contributed by atoms with Gasteiger partial charge in [0.05, 0.1) is 6.61 Å². The summed E-state index contributed by atoms with van der Waals surface area (Å²) >= 11 is 0. The molecular weight excluding hydrogens is 216 g/mol. The lowest BCUT2D eigenvalue weighted by Gasteiger charge is -2.30. The van der Waals surface area contributed by atoms with Crippen LogP contribution in [0.15, 0.2) is 30.3 Å². The standard InChI is InChI=1S/C13H20N2O2/c1-4-17-12(16)13(14,10-15(2)3)11-8-6-5-7-9-11/h5-9H,4,10,14H2,1-3H3. The number of benzene rings is 1. The molecule has 0 aromatic heterocycles.